The van der Waals surface area contributed by atoms with Crippen LogP contribution in [0.15, 0.2) is 65.7 Å². The lowest BCUT2D eigenvalue weighted by Gasteiger charge is -2.06. The van der Waals surface area contributed by atoms with Gasteiger partial charge in [-0.25, -0.2) is 4.39 Å². The van der Waals surface area contributed by atoms with Crippen LogP contribution in [-0.2, 0) is 5.75 Å². The van der Waals surface area contributed by atoms with Gasteiger partial charge in [0, 0.05) is 5.75 Å². The van der Waals surface area contributed by atoms with Gasteiger partial charge >= 0.3 is 0 Å². The molecule has 1 heterocycles. The standard InChI is InChI=1S/C19H16FN3OS/c1-13-5-4-6-14(11-13)12-25-18-10-9-17(22-23-18)21-19(24)15-7-2-3-8-16(15)20/h2-11H,12H2,1H3,(H,21,22,24). The molecule has 0 saturated heterocycles. The van der Waals surface area contributed by atoms with E-state index in [1.165, 1.54) is 29.3 Å². The van der Waals surface area contributed by atoms with Crippen molar-refractivity contribution in [3.05, 3.63) is 83.2 Å². The molecule has 25 heavy (non-hydrogen) atoms. The molecule has 0 atom stereocenters. The number of hydrogen-bond donors (Lipinski definition) is 1. The fraction of sp³-hybridized carbons (Fsp3) is 0.105. The zero-order chi connectivity index (χ0) is 17.6. The zero-order valence-electron chi connectivity index (χ0n) is 13.6. The number of hydrogen-bond acceptors (Lipinski definition) is 4. The van der Waals surface area contributed by atoms with E-state index in [1.807, 2.05) is 6.07 Å². The van der Waals surface area contributed by atoms with Gasteiger partial charge in [0.25, 0.3) is 5.91 Å². The van der Waals surface area contributed by atoms with Crippen LogP contribution in [0.1, 0.15) is 21.5 Å². The topological polar surface area (TPSA) is 54.9 Å². The van der Waals surface area contributed by atoms with Crippen LogP contribution in [0, 0.1) is 12.7 Å². The van der Waals surface area contributed by atoms with Gasteiger partial charge in [-0.15, -0.1) is 10.2 Å². The molecular weight excluding hydrogens is 337 g/mol. The predicted octanol–water partition coefficient (Wildman–Crippen LogP) is 4.47. The number of halogens is 1. The average molecular weight is 353 g/mol. The highest BCUT2D eigenvalue weighted by Crippen LogP contribution is 2.21. The first-order valence-electron chi connectivity index (χ1n) is 7.70. The first-order valence-corrected chi connectivity index (χ1v) is 8.68. The third-order valence-corrected chi connectivity index (χ3v) is 4.46. The van der Waals surface area contributed by atoms with Crippen molar-refractivity contribution in [2.24, 2.45) is 0 Å². The molecule has 1 amide bonds. The van der Waals surface area contributed by atoms with Crippen LogP contribution in [-0.4, -0.2) is 16.1 Å². The van der Waals surface area contributed by atoms with Crippen molar-refractivity contribution in [1.29, 1.82) is 0 Å². The summed E-state index contributed by atoms with van der Waals surface area (Å²) in [5.74, 6) is -0.0453. The number of anilines is 1. The van der Waals surface area contributed by atoms with Crippen molar-refractivity contribution in [3.63, 3.8) is 0 Å². The summed E-state index contributed by atoms with van der Waals surface area (Å²) in [5, 5.41) is 11.4. The molecule has 0 saturated carbocycles. The number of aromatic nitrogens is 2. The Morgan fingerprint density at radius 2 is 1.92 bits per heavy atom. The Balaban J connectivity index is 1.60. The Bertz CT molecular complexity index is 884. The van der Waals surface area contributed by atoms with Crippen molar-refractivity contribution < 1.29 is 9.18 Å². The maximum atomic E-state index is 13.6. The van der Waals surface area contributed by atoms with Gasteiger partial charge in [-0.3, -0.25) is 4.79 Å². The Hall–Kier alpha value is -2.73. The molecule has 0 radical (unpaired) electrons. The maximum Gasteiger partial charge on any atom is 0.259 e. The van der Waals surface area contributed by atoms with E-state index >= 15 is 0 Å². The first-order chi connectivity index (χ1) is 12.1. The second kappa shape index (κ2) is 7.90. The van der Waals surface area contributed by atoms with E-state index in [1.54, 1.807) is 30.0 Å². The predicted molar refractivity (Wildman–Crippen MR) is 97.1 cm³/mol. The van der Waals surface area contributed by atoms with Gasteiger partial charge in [-0.2, -0.15) is 0 Å². The van der Waals surface area contributed by atoms with E-state index in [2.05, 4.69) is 40.6 Å². The lowest BCUT2D eigenvalue weighted by atomic mass is 10.2. The van der Waals surface area contributed by atoms with Crippen LogP contribution in [0.4, 0.5) is 10.2 Å². The monoisotopic (exact) mass is 353 g/mol. The molecule has 126 valence electrons. The summed E-state index contributed by atoms with van der Waals surface area (Å²) in [6, 6.07) is 17.5. The Kier molecular flexibility index (Phi) is 5.40. The largest absolute Gasteiger partial charge is 0.305 e. The van der Waals surface area contributed by atoms with Gasteiger partial charge in [0.1, 0.15) is 10.8 Å². The Morgan fingerprint density at radius 3 is 2.64 bits per heavy atom. The van der Waals surface area contributed by atoms with Crippen molar-refractivity contribution >= 4 is 23.5 Å². The molecule has 6 heteroatoms. The number of carbonyl (C=O) groups excluding carboxylic acids is 1. The molecule has 4 nitrogen and oxygen atoms in total. The summed E-state index contributed by atoms with van der Waals surface area (Å²) < 4.78 is 13.6. The molecular formula is C19H16FN3OS. The minimum absolute atomic E-state index is 0.0257. The number of carbonyl (C=O) groups is 1. The first kappa shape index (κ1) is 17.1. The van der Waals surface area contributed by atoms with E-state index in [-0.39, 0.29) is 11.4 Å². The minimum Gasteiger partial charge on any atom is -0.305 e. The lowest BCUT2D eigenvalue weighted by Crippen LogP contribution is -2.14. The fourth-order valence-corrected chi connectivity index (χ4v) is 3.01. The van der Waals surface area contributed by atoms with E-state index < -0.39 is 11.7 Å². The SMILES string of the molecule is Cc1cccc(CSc2ccc(NC(=O)c3ccccc3F)nn2)c1. The molecule has 0 fully saturated rings. The van der Waals surface area contributed by atoms with Gasteiger partial charge in [0.05, 0.1) is 5.56 Å². The van der Waals surface area contributed by atoms with Crippen LogP contribution in [0.3, 0.4) is 0 Å². The molecule has 1 N–H and O–H groups in total. The second-order valence-electron chi connectivity index (χ2n) is 5.47. The number of rotatable bonds is 5. The van der Waals surface area contributed by atoms with Gasteiger partial charge in [-0.1, -0.05) is 53.7 Å². The van der Waals surface area contributed by atoms with E-state index in [0.29, 0.717) is 0 Å². The summed E-state index contributed by atoms with van der Waals surface area (Å²) in [5.41, 5.74) is 2.40. The summed E-state index contributed by atoms with van der Waals surface area (Å²) >= 11 is 1.56. The minimum atomic E-state index is -0.571. The van der Waals surface area contributed by atoms with Gasteiger partial charge in [-0.05, 0) is 36.8 Å². The summed E-state index contributed by atoms with van der Waals surface area (Å²) in [6.07, 6.45) is 0. The van der Waals surface area contributed by atoms with Gasteiger partial charge < -0.3 is 5.32 Å². The van der Waals surface area contributed by atoms with Crippen LogP contribution >= 0.6 is 11.8 Å². The molecule has 0 bridgehead atoms. The normalized spacial score (nSPS) is 10.5. The van der Waals surface area contributed by atoms with Crippen LogP contribution in [0.25, 0.3) is 0 Å². The number of nitrogens with one attached hydrogen (secondary N) is 1. The summed E-state index contributed by atoms with van der Waals surface area (Å²) in [4.78, 5) is 12.0. The smallest absolute Gasteiger partial charge is 0.259 e. The third-order valence-electron chi connectivity index (χ3n) is 3.47. The quantitative estimate of drug-likeness (QED) is 0.688. The highest BCUT2D eigenvalue weighted by Gasteiger charge is 2.11. The van der Waals surface area contributed by atoms with Crippen molar-refractivity contribution in [2.45, 2.75) is 17.7 Å². The number of aryl methyl sites for hydroxylation is 1. The molecule has 0 unspecified atom stereocenters. The lowest BCUT2D eigenvalue weighted by molar-refractivity contribution is 0.102. The Morgan fingerprint density at radius 1 is 1.08 bits per heavy atom. The van der Waals surface area contributed by atoms with Crippen LogP contribution < -0.4 is 5.32 Å². The second-order valence-corrected chi connectivity index (χ2v) is 6.46. The number of benzene rings is 2. The third kappa shape index (κ3) is 4.64. The highest BCUT2D eigenvalue weighted by atomic mass is 32.2. The zero-order valence-corrected chi connectivity index (χ0v) is 14.4. The number of nitrogens with zero attached hydrogens (tertiary/aromatic N) is 2. The molecule has 0 spiro atoms. The van der Waals surface area contributed by atoms with Crippen LogP contribution in [0.5, 0.6) is 0 Å². The number of amides is 1. The van der Waals surface area contributed by atoms with Crippen molar-refractivity contribution in [3.8, 4) is 0 Å². The average Bonchev–Trinajstić information content (AvgIpc) is 2.61. The molecule has 0 aliphatic rings. The molecule has 0 aliphatic carbocycles. The molecule has 1 aromatic heterocycles. The van der Waals surface area contributed by atoms with E-state index in [0.717, 1.165) is 10.8 Å². The number of thioether (sulfide) groups is 1. The van der Waals surface area contributed by atoms with Crippen LogP contribution in [0.2, 0.25) is 0 Å². The van der Waals surface area contributed by atoms with Gasteiger partial charge in [0.15, 0.2) is 5.82 Å². The van der Waals surface area contributed by atoms with Crippen molar-refractivity contribution in [1.82, 2.24) is 10.2 Å². The van der Waals surface area contributed by atoms with E-state index in [9.17, 15) is 9.18 Å². The Labute approximate surface area is 149 Å². The highest BCUT2D eigenvalue weighted by molar-refractivity contribution is 7.98. The fourth-order valence-electron chi connectivity index (χ4n) is 2.25. The van der Waals surface area contributed by atoms with Gasteiger partial charge in [0.2, 0.25) is 0 Å². The molecule has 2 aromatic carbocycles. The molecule has 0 aliphatic heterocycles. The summed E-state index contributed by atoms with van der Waals surface area (Å²) in [6.45, 7) is 2.06. The summed E-state index contributed by atoms with van der Waals surface area (Å²) in [7, 11) is 0. The van der Waals surface area contributed by atoms with Crippen molar-refractivity contribution in [2.75, 3.05) is 5.32 Å². The maximum absolute atomic E-state index is 13.6. The molecule has 3 aromatic rings. The van der Waals surface area contributed by atoms with E-state index in [4.69, 9.17) is 0 Å². The molecule has 3 rings (SSSR count).